The van der Waals surface area contributed by atoms with Crippen LogP contribution in [-0.2, 0) is 9.59 Å². The number of rotatable bonds is 4. The SMILES string of the molecule is CC(=O)N(C)c1ccc(N=C(c2ccccc2)C2C(=O)Nc3ccccc32)cc1. The number of anilines is 2. The van der Waals surface area contributed by atoms with Crippen molar-refractivity contribution in [2.45, 2.75) is 12.8 Å². The van der Waals surface area contributed by atoms with Gasteiger partial charge in [0, 0.05) is 25.3 Å². The Labute approximate surface area is 169 Å². The summed E-state index contributed by atoms with van der Waals surface area (Å²) in [7, 11) is 1.73. The molecule has 0 saturated heterocycles. The summed E-state index contributed by atoms with van der Waals surface area (Å²) in [5.74, 6) is -0.597. The third-order valence-electron chi connectivity index (χ3n) is 5.09. The minimum atomic E-state index is -0.479. The lowest BCUT2D eigenvalue weighted by atomic mass is 9.90. The van der Waals surface area contributed by atoms with E-state index >= 15 is 0 Å². The highest BCUT2D eigenvalue weighted by Gasteiger charge is 2.35. The van der Waals surface area contributed by atoms with Crippen LogP contribution in [0.25, 0.3) is 0 Å². The summed E-state index contributed by atoms with van der Waals surface area (Å²) in [5, 5.41) is 2.96. The van der Waals surface area contributed by atoms with Gasteiger partial charge in [0.2, 0.25) is 11.8 Å². The molecule has 3 aromatic carbocycles. The molecule has 0 spiro atoms. The van der Waals surface area contributed by atoms with Gasteiger partial charge in [0.25, 0.3) is 0 Å². The summed E-state index contributed by atoms with van der Waals surface area (Å²) < 4.78 is 0. The van der Waals surface area contributed by atoms with Crippen molar-refractivity contribution in [3.63, 3.8) is 0 Å². The van der Waals surface area contributed by atoms with Crippen molar-refractivity contribution in [2.75, 3.05) is 17.3 Å². The largest absolute Gasteiger partial charge is 0.325 e. The molecular weight excluding hydrogens is 362 g/mol. The van der Waals surface area contributed by atoms with E-state index in [0.29, 0.717) is 5.71 Å². The number of hydrogen-bond donors (Lipinski definition) is 1. The standard InChI is InChI=1S/C24H21N3O2/c1-16(28)27(2)19-14-12-18(13-15-19)25-23(17-8-4-3-5-9-17)22-20-10-6-7-11-21(20)26-24(22)29/h3-15,22H,1-2H3,(H,26,29). The van der Waals surface area contributed by atoms with Gasteiger partial charge in [-0.05, 0) is 41.5 Å². The van der Waals surface area contributed by atoms with E-state index in [2.05, 4.69) is 5.32 Å². The number of nitrogens with one attached hydrogen (secondary N) is 1. The smallest absolute Gasteiger partial charge is 0.238 e. The minimum absolute atomic E-state index is 0.0366. The maximum absolute atomic E-state index is 12.8. The average Bonchev–Trinajstić information content (AvgIpc) is 3.08. The van der Waals surface area contributed by atoms with Crippen LogP contribution in [0, 0.1) is 0 Å². The van der Waals surface area contributed by atoms with Crippen molar-refractivity contribution >= 4 is 34.6 Å². The van der Waals surface area contributed by atoms with Crippen LogP contribution < -0.4 is 10.2 Å². The predicted octanol–water partition coefficient (Wildman–Crippen LogP) is 4.53. The second-order valence-corrected chi connectivity index (χ2v) is 6.97. The molecule has 1 atom stereocenters. The van der Waals surface area contributed by atoms with Crippen LogP contribution in [0.15, 0.2) is 83.9 Å². The number of carbonyl (C=O) groups excluding carboxylic acids is 2. The highest BCUT2D eigenvalue weighted by atomic mass is 16.2. The number of carbonyl (C=O) groups is 2. The first kappa shape index (κ1) is 18.6. The highest BCUT2D eigenvalue weighted by molar-refractivity contribution is 6.24. The molecule has 3 aromatic rings. The van der Waals surface area contributed by atoms with E-state index < -0.39 is 5.92 Å². The second-order valence-electron chi connectivity index (χ2n) is 6.97. The molecule has 5 nitrogen and oxygen atoms in total. The van der Waals surface area contributed by atoms with E-state index in [4.69, 9.17) is 4.99 Å². The van der Waals surface area contributed by atoms with E-state index in [9.17, 15) is 9.59 Å². The fraction of sp³-hybridized carbons (Fsp3) is 0.125. The van der Waals surface area contributed by atoms with Gasteiger partial charge < -0.3 is 10.2 Å². The molecule has 0 radical (unpaired) electrons. The molecule has 0 fully saturated rings. The monoisotopic (exact) mass is 383 g/mol. The molecule has 0 aliphatic carbocycles. The van der Waals surface area contributed by atoms with Crippen molar-refractivity contribution in [1.29, 1.82) is 0 Å². The number of benzene rings is 3. The number of nitrogens with zero attached hydrogens (tertiary/aromatic N) is 2. The Bertz CT molecular complexity index is 1090. The lowest BCUT2D eigenvalue weighted by Gasteiger charge is -2.16. The van der Waals surface area contributed by atoms with Gasteiger partial charge >= 0.3 is 0 Å². The quantitative estimate of drug-likeness (QED) is 0.673. The lowest BCUT2D eigenvalue weighted by Crippen LogP contribution is -2.22. The second kappa shape index (κ2) is 7.72. The van der Waals surface area contributed by atoms with Crippen LogP contribution in [0.3, 0.4) is 0 Å². The maximum Gasteiger partial charge on any atom is 0.238 e. The molecule has 1 heterocycles. The van der Waals surface area contributed by atoms with Gasteiger partial charge in [-0.1, -0.05) is 48.5 Å². The summed E-state index contributed by atoms with van der Waals surface area (Å²) >= 11 is 0. The predicted molar refractivity (Wildman–Crippen MR) is 116 cm³/mol. The Hall–Kier alpha value is -3.73. The molecule has 1 aliphatic rings. The Morgan fingerprint density at radius 3 is 2.28 bits per heavy atom. The average molecular weight is 383 g/mol. The first-order valence-corrected chi connectivity index (χ1v) is 9.43. The fourth-order valence-corrected chi connectivity index (χ4v) is 3.46. The van der Waals surface area contributed by atoms with Gasteiger partial charge in [-0.3, -0.25) is 14.6 Å². The number of fused-ring (bicyclic) bond motifs is 1. The molecule has 5 heteroatoms. The Morgan fingerprint density at radius 1 is 0.931 bits per heavy atom. The molecule has 144 valence electrons. The van der Waals surface area contributed by atoms with Gasteiger partial charge in [0.15, 0.2) is 0 Å². The number of aliphatic imine (C=N–C) groups is 1. The highest BCUT2D eigenvalue weighted by Crippen LogP contribution is 2.36. The summed E-state index contributed by atoms with van der Waals surface area (Å²) in [6.07, 6.45) is 0. The molecule has 1 aliphatic heterocycles. The van der Waals surface area contributed by atoms with Gasteiger partial charge in [0.1, 0.15) is 5.92 Å². The van der Waals surface area contributed by atoms with Crippen LogP contribution in [0.1, 0.15) is 24.0 Å². The van der Waals surface area contributed by atoms with Crippen LogP contribution in [0.5, 0.6) is 0 Å². The van der Waals surface area contributed by atoms with Gasteiger partial charge in [-0.15, -0.1) is 0 Å². The zero-order valence-electron chi connectivity index (χ0n) is 16.3. The van der Waals surface area contributed by atoms with Crippen molar-refractivity contribution in [3.8, 4) is 0 Å². The fourth-order valence-electron chi connectivity index (χ4n) is 3.46. The van der Waals surface area contributed by atoms with Crippen LogP contribution in [-0.4, -0.2) is 24.6 Å². The summed E-state index contributed by atoms with van der Waals surface area (Å²) in [6.45, 7) is 1.52. The molecule has 0 aromatic heterocycles. The third kappa shape index (κ3) is 3.67. The van der Waals surface area contributed by atoms with Crippen LogP contribution >= 0.6 is 0 Å². The third-order valence-corrected chi connectivity index (χ3v) is 5.09. The van der Waals surface area contributed by atoms with E-state index in [0.717, 1.165) is 28.2 Å². The van der Waals surface area contributed by atoms with E-state index in [1.165, 1.54) is 6.92 Å². The van der Waals surface area contributed by atoms with Crippen molar-refractivity contribution in [1.82, 2.24) is 0 Å². The minimum Gasteiger partial charge on any atom is -0.325 e. The number of amides is 2. The summed E-state index contributed by atoms with van der Waals surface area (Å²) in [6, 6.07) is 24.9. The molecule has 4 rings (SSSR count). The zero-order chi connectivity index (χ0) is 20.4. The lowest BCUT2D eigenvalue weighted by molar-refractivity contribution is -0.116. The molecule has 0 bridgehead atoms. The zero-order valence-corrected chi connectivity index (χ0v) is 16.3. The van der Waals surface area contributed by atoms with Crippen molar-refractivity contribution < 1.29 is 9.59 Å². The van der Waals surface area contributed by atoms with Crippen molar-refractivity contribution in [3.05, 3.63) is 90.0 Å². The van der Waals surface area contributed by atoms with E-state index in [1.807, 2.05) is 78.9 Å². The first-order valence-electron chi connectivity index (χ1n) is 9.43. The van der Waals surface area contributed by atoms with E-state index in [-0.39, 0.29) is 11.8 Å². The Kier molecular flexibility index (Phi) is 4.96. The molecule has 2 amide bonds. The molecule has 1 N–H and O–H groups in total. The van der Waals surface area contributed by atoms with Gasteiger partial charge in [-0.25, -0.2) is 0 Å². The number of para-hydroxylation sites is 1. The Morgan fingerprint density at radius 2 is 1.59 bits per heavy atom. The molecule has 1 unspecified atom stereocenters. The van der Waals surface area contributed by atoms with Crippen LogP contribution in [0.2, 0.25) is 0 Å². The first-order chi connectivity index (χ1) is 14.0. The molecule has 29 heavy (non-hydrogen) atoms. The maximum atomic E-state index is 12.8. The molecule has 0 saturated carbocycles. The van der Waals surface area contributed by atoms with E-state index in [1.54, 1.807) is 11.9 Å². The van der Waals surface area contributed by atoms with Crippen molar-refractivity contribution in [2.24, 2.45) is 4.99 Å². The van der Waals surface area contributed by atoms with Gasteiger partial charge in [-0.2, -0.15) is 0 Å². The number of hydrogen-bond acceptors (Lipinski definition) is 3. The molecular formula is C24H21N3O2. The Balaban J connectivity index is 1.78. The normalized spacial score (nSPS) is 15.6. The van der Waals surface area contributed by atoms with Crippen LogP contribution in [0.4, 0.5) is 17.1 Å². The summed E-state index contributed by atoms with van der Waals surface area (Å²) in [5.41, 5.74) is 4.86. The topological polar surface area (TPSA) is 61.8 Å². The summed E-state index contributed by atoms with van der Waals surface area (Å²) in [4.78, 5) is 30.8. The van der Waals surface area contributed by atoms with Gasteiger partial charge in [0.05, 0.1) is 11.4 Å².